The molecule has 9 heavy (non-hydrogen) atoms. The molecule has 1 nitrogen and oxygen atoms in total. The first-order valence-corrected chi connectivity index (χ1v) is 2.27. The summed E-state index contributed by atoms with van der Waals surface area (Å²) in [7, 11) is 0. The number of hydrogen-bond donors (Lipinski definition) is 0. The van der Waals surface area contributed by atoms with Gasteiger partial charge in [0.05, 0.1) is 0 Å². The van der Waals surface area contributed by atoms with E-state index >= 15 is 0 Å². The fraction of sp³-hybridized carbons (Fsp3) is 0.167. The molecule has 0 aliphatic heterocycles. The van der Waals surface area contributed by atoms with Gasteiger partial charge in [-0.05, 0) is 19.1 Å². The average Bonchev–Trinajstić information content (AvgIpc) is 1.69. The predicted molar refractivity (Wildman–Crippen MR) is 46.5 cm³/mol. The van der Waals surface area contributed by atoms with Crippen molar-refractivity contribution >= 4 is 29.4 Å². The van der Waals surface area contributed by atoms with Crippen molar-refractivity contribution in [3.05, 3.63) is 30.1 Å². The minimum atomic E-state index is 0. The van der Waals surface area contributed by atoms with Gasteiger partial charge >= 0.3 is 0 Å². The minimum Gasteiger partial charge on any atom is -0.262 e. The van der Waals surface area contributed by atoms with E-state index < -0.39 is 0 Å². The Hall–Kier alpha value is -0.0800. The molecule has 0 aromatic carbocycles. The highest BCUT2D eigenvalue weighted by molar-refractivity contribution is 8.93. The van der Waals surface area contributed by atoms with Gasteiger partial charge in [-0.15, -0.1) is 29.4 Å². The van der Waals surface area contributed by atoms with Gasteiger partial charge in [0.15, 0.2) is 0 Å². The molecule has 0 saturated heterocycles. The Bertz CT molecular complexity index is 143. The zero-order valence-electron chi connectivity index (χ0n) is 5.07. The molecule has 0 atom stereocenters. The first kappa shape index (κ1) is 11.7. The molecule has 0 unspecified atom stereocenters. The van der Waals surface area contributed by atoms with Gasteiger partial charge in [0.1, 0.15) is 0 Å². The molecule has 52 valence electrons. The van der Waals surface area contributed by atoms with Crippen LogP contribution in [0, 0.1) is 6.92 Å². The summed E-state index contributed by atoms with van der Waals surface area (Å²) in [6.45, 7) is 1.97. The summed E-state index contributed by atoms with van der Waals surface area (Å²) in [6.07, 6.45) is 1.79. The second-order valence-corrected chi connectivity index (χ2v) is 1.47. The topological polar surface area (TPSA) is 12.9 Å². The molecule has 0 radical (unpaired) electrons. The van der Waals surface area contributed by atoms with E-state index in [9.17, 15) is 0 Å². The van der Waals surface area contributed by atoms with E-state index in [1.807, 2.05) is 25.1 Å². The molecule has 0 aliphatic carbocycles. The first-order valence-electron chi connectivity index (χ1n) is 2.27. The summed E-state index contributed by atoms with van der Waals surface area (Å²) < 4.78 is 0. The maximum Gasteiger partial charge on any atom is 0.0372 e. The number of aryl methyl sites for hydroxylation is 1. The van der Waals surface area contributed by atoms with Crippen LogP contribution in [0.5, 0.6) is 0 Å². The Morgan fingerprint density at radius 1 is 1.33 bits per heavy atom. The summed E-state index contributed by atoms with van der Waals surface area (Å²) in [6, 6.07) is 5.86. The van der Waals surface area contributed by atoms with Crippen LogP contribution in [0.15, 0.2) is 24.4 Å². The van der Waals surface area contributed by atoms with Gasteiger partial charge in [0, 0.05) is 11.9 Å². The smallest absolute Gasteiger partial charge is 0.0372 e. The van der Waals surface area contributed by atoms with E-state index in [1.165, 1.54) is 0 Å². The van der Waals surface area contributed by atoms with E-state index in [4.69, 9.17) is 0 Å². The minimum absolute atomic E-state index is 0. The Balaban J connectivity index is 0. The van der Waals surface area contributed by atoms with E-state index in [0.717, 1.165) is 5.69 Å². The molecular weight excluding hydrogens is 201 g/mol. The molecule has 0 amide bonds. The second-order valence-electron chi connectivity index (χ2n) is 1.47. The second kappa shape index (κ2) is 6.05. The van der Waals surface area contributed by atoms with Crippen molar-refractivity contribution in [3.8, 4) is 0 Å². The zero-order valence-corrected chi connectivity index (χ0v) is 7.60. The highest BCUT2D eigenvalue weighted by Gasteiger charge is 1.73. The average molecular weight is 211 g/mol. The van der Waals surface area contributed by atoms with Crippen molar-refractivity contribution in [2.45, 2.75) is 6.92 Å². The monoisotopic (exact) mass is 209 g/mol. The van der Waals surface area contributed by atoms with Crippen LogP contribution >= 0.6 is 29.4 Å². The molecule has 0 bridgehead atoms. The number of hydrogen-bond acceptors (Lipinski definition) is 1. The molecule has 1 rings (SSSR count). The first-order chi connectivity index (χ1) is 3.39. The molecule has 1 aromatic rings. The van der Waals surface area contributed by atoms with E-state index in [2.05, 4.69) is 4.98 Å². The molecule has 1 heterocycles. The van der Waals surface area contributed by atoms with Gasteiger partial charge in [0.2, 0.25) is 0 Å². The highest BCUT2D eigenvalue weighted by Crippen LogP contribution is 1.85. The lowest BCUT2D eigenvalue weighted by atomic mass is 10.4. The maximum absolute atomic E-state index is 3.98. The largest absolute Gasteiger partial charge is 0.262 e. The lowest BCUT2D eigenvalue weighted by Gasteiger charge is -1.82. The van der Waals surface area contributed by atoms with Crippen molar-refractivity contribution in [2.75, 3.05) is 0 Å². The van der Waals surface area contributed by atoms with Crippen molar-refractivity contribution in [2.24, 2.45) is 0 Å². The molecule has 0 N–H and O–H groups in total. The van der Waals surface area contributed by atoms with Crippen LogP contribution in [0.2, 0.25) is 0 Å². The Kier molecular flexibility index (Phi) is 7.85. The summed E-state index contributed by atoms with van der Waals surface area (Å²) in [5.74, 6) is 0. The van der Waals surface area contributed by atoms with Crippen LogP contribution in [-0.4, -0.2) is 4.98 Å². The van der Waals surface area contributed by atoms with Crippen LogP contribution in [0.3, 0.4) is 0 Å². The Morgan fingerprint density at radius 3 is 2.22 bits per heavy atom. The molecule has 1 aromatic heterocycles. The summed E-state index contributed by atoms with van der Waals surface area (Å²) >= 11 is 0. The molecule has 0 fully saturated rings. The fourth-order valence-corrected chi connectivity index (χ4v) is 0.448. The Labute approximate surface area is 71.7 Å². The highest BCUT2D eigenvalue weighted by atomic mass is 79.9. The van der Waals surface area contributed by atoms with Gasteiger partial charge in [-0.1, -0.05) is 6.07 Å². The molecule has 0 aliphatic rings. The van der Waals surface area contributed by atoms with Crippen molar-refractivity contribution in [3.63, 3.8) is 0 Å². The van der Waals surface area contributed by atoms with Crippen LogP contribution in [0.1, 0.15) is 5.69 Å². The van der Waals surface area contributed by atoms with Crippen LogP contribution in [0.4, 0.5) is 0 Å². The Morgan fingerprint density at radius 2 is 2.00 bits per heavy atom. The van der Waals surface area contributed by atoms with Crippen molar-refractivity contribution in [1.29, 1.82) is 0 Å². The fourth-order valence-electron chi connectivity index (χ4n) is 0.448. The van der Waals surface area contributed by atoms with E-state index in [1.54, 1.807) is 6.20 Å². The molecule has 3 heteroatoms. The van der Waals surface area contributed by atoms with Crippen molar-refractivity contribution < 1.29 is 0 Å². The normalized spacial score (nSPS) is 6.78. The quantitative estimate of drug-likeness (QED) is 0.641. The lowest BCUT2D eigenvalue weighted by Crippen LogP contribution is -1.72. The maximum atomic E-state index is 3.98. The van der Waals surface area contributed by atoms with Gasteiger partial charge in [-0.2, -0.15) is 0 Å². The van der Waals surface area contributed by atoms with Gasteiger partial charge in [0.25, 0.3) is 0 Å². The summed E-state index contributed by atoms with van der Waals surface area (Å²) in [4.78, 5) is 3.98. The standard InChI is InChI=1S/C6H7N.BrH.ClH/c1-6-4-2-3-5-7-6;;/h2-5H,1H3;2*1H. The number of rotatable bonds is 0. The molecule has 0 saturated carbocycles. The van der Waals surface area contributed by atoms with Crippen LogP contribution < -0.4 is 0 Å². The number of halogens is 2. The predicted octanol–water partition coefficient (Wildman–Crippen LogP) is 2.39. The third-order valence-electron chi connectivity index (χ3n) is 0.813. The number of pyridine rings is 1. The molecular formula is C6H9BrClN. The van der Waals surface area contributed by atoms with E-state index in [0.29, 0.717) is 0 Å². The summed E-state index contributed by atoms with van der Waals surface area (Å²) in [5, 5.41) is 0. The van der Waals surface area contributed by atoms with Crippen molar-refractivity contribution in [1.82, 2.24) is 4.98 Å². The van der Waals surface area contributed by atoms with Gasteiger partial charge < -0.3 is 0 Å². The van der Waals surface area contributed by atoms with Crippen LogP contribution in [0.25, 0.3) is 0 Å². The third kappa shape index (κ3) is 4.43. The summed E-state index contributed by atoms with van der Waals surface area (Å²) in [5.41, 5.74) is 1.07. The van der Waals surface area contributed by atoms with E-state index in [-0.39, 0.29) is 29.4 Å². The SMILES string of the molecule is Br.Cc1ccccn1.Cl. The third-order valence-corrected chi connectivity index (χ3v) is 0.813. The van der Waals surface area contributed by atoms with Gasteiger partial charge in [-0.3, -0.25) is 4.98 Å². The van der Waals surface area contributed by atoms with Gasteiger partial charge in [-0.25, -0.2) is 0 Å². The van der Waals surface area contributed by atoms with Crippen LogP contribution in [-0.2, 0) is 0 Å². The molecule has 0 spiro atoms. The number of aromatic nitrogens is 1. The zero-order chi connectivity index (χ0) is 5.11. The number of nitrogens with zero attached hydrogens (tertiary/aromatic N) is 1. The lowest BCUT2D eigenvalue weighted by molar-refractivity contribution is 1.20.